The summed E-state index contributed by atoms with van der Waals surface area (Å²) >= 11 is 0. The summed E-state index contributed by atoms with van der Waals surface area (Å²) in [6, 6.07) is 13.3. The number of nitrogens with zero attached hydrogens (tertiary/aromatic N) is 1. The molecule has 158 valence electrons. The lowest BCUT2D eigenvalue weighted by Crippen LogP contribution is -2.44. The van der Waals surface area contributed by atoms with Crippen molar-refractivity contribution in [2.45, 2.75) is 39.1 Å². The summed E-state index contributed by atoms with van der Waals surface area (Å²) in [6.07, 6.45) is 0.512. The number of amides is 2. The number of anilines is 1. The largest absolute Gasteiger partial charge is 0.482 e. The Morgan fingerprint density at radius 3 is 2.53 bits per heavy atom. The van der Waals surface area contributed by atoms with Crippen LogP contribution in [0.2, 0.25) is 0 Å². The van der Waals surface area contributed by atoms with Crippen LogP contribution in [-0.4, -0.2) is 48.6 Å². The molecule has 30 heavy (non-hydrogen) atoms. The molecule has 2 aliphatic heterocycles. The summed E-state index contributed by atoms with van der Waals surface area (Å²) in [6.45, 7) is 7.43. The number of rotatable bonds is 5. The maximum absolute atomic E-state index is 12.5. The first-order valence-electron chi connectivity index (χ1n) is 10.3. The molecule has 0 radical (unpaired) electrons. The molecule has 2 aliphatic rings. The number of benzene rings is 2. The molecule has 0 aliphatic carbocycles. The van der Waals surface area contributed by atoms with Gasteiger partial charge in [-0.15, -0.1) is 0 Å². The van der Waals surface area contributed by atoms with Crippen molar-refractivity contribution in [2.75, 3.05) is 25.0 Å². The smallest absolute Gasteiger partial charge is 0.262 e. The van der Waals surface area contributed by atoms with Gasteiger partial charge in [0.2, 0.25) is 0 Å². The normalized spacial score (nSPS) is 21.3. The molecule has 1 saturated heterocycles. The lowest BCUT2D eigenvalue weighted by atomic mass is 10.1. The molecule has 0 saturated carbocycles. The minimum absolute atomic E-state index is 0.00186. The SMILES string of the molecule is CC1CN(Cc2ccc(CNC(=O)c3ccc4c(c3)NC(=O)CO4)cc2)CC(C)O1. The van der Waals surface area contributed by atoms with E-state index in [1.165, 1.54) is 5.56 Å². The van der Waals surface area contributed by atoms with Crippen LogP contribution in [0, 0.1) is 0 Å². The van der Waals surface area contributed by atoms with Crippen molar-refractivity contribution in [3.05, 3.63) is 59.2 Å². The van der Waals surface area contributed by atoms with Gasteiger partial charge in [0.15, 0.2) is 6.61 Å². The molecule has 1 fully saturated rings. The minimum Gasteiger partial charge on any atom is -0.482 e. The second-order valence-corrected chi connectivity index (χ2v) is 8.00. The highest BCUT2D eigenvalue weighted by Crippen LogP contribution is 2.28. The van der Waals surface area contributed by atoms with E-state index in [0.29, 0.717) is 23.5 Å². The summed E-state index contributed by atoms with van der Waals surface area (Å²) < 4.78 is 11.1. The zero-order chi connectivity index (χ0) is 21.1. The Bertz CT molecular complexity index is 919. The molecule has 2 heterocycles. The van der Waals surface area contributed by atoms with Gasteiger partial charge in [0.1, 0.15) is 5.75 Å². The van der Waals surface area contributed by atoms with E-state index in [0.717, 1.165) is 25.2 Å². The number of ether oxygens (including phenoxy) is 2. The minimum atomic E-state index is -0.221. The highest BCUT2D eigenvalue weighted by molar-refractivity contribution is 5.99. The number of hydrogen-bond acceptors (Lipinski definition) is 5. The van der Waals surface area contributed by atoms with Gasteiger partial charge in [-0.1, -0.05) is 24.3 Å². The second kappa shape index (κ2) is 8.85. The quantitative estimate of drug-likeness (QED) is 0.794. The third-order valence-corrected chi connectivity index (χ3v) is 5.25. The standard InChI is InChI=1S/C23H27N3O4/c1-15-11-26(12-16(2)30-15)13-18-5-3-17(4-6-18)10-24-23(28)19-7-8-21-20(9-19)25-22(27)14-29-21/h3-9,15-16H,10-14H2,1-2H3,(H,24,28)(H,25,27). The summed E-state index contributed by atoms with van der Waals surface area (Å²) in [5.74, 6) is 0.157. The first-order valence-corrected chi connectivity index (χ1v) is 10.3. The van der Waals surface area contributed by atoms with E-state index in [4.69, 9.17) is 9.47 Å². The van der Waals surface area contributed by atoms with Gasteiger partial charge in [0, 0.05) is 31.7 Å². The van der Waals surface area contributed by atoms with Crippen LogP contribution in [0.5, 0.6) is 5.75 Å². The van der Waals surface area contributed by atoms with Gasteiger partial charge in [0.25, 0.3) is 11.8 Å². The molecule has 7 nitrogen and oxygen atoms in total. The summed E-state index contributed by atoms with van der Waals surface area (Å²) in [5.41, 5.74) is 3.28. The summed E-state index contributed by atoms with van der Waals surface area (Å²) in [4.78, 5) is 26.4. The van der Waals surface area contributed by atoms with Gasteiger partial charge in [0.05, 0.1) is 17.9 Å². The van der Waals surface area contributed by atoms with Crippen molar-refractivity contribution in [2.24, 2.45) is 0 Å². The van der Waals surface area contributed by atoms with Crippen molar-refractivity contribution >= 4 is 17.5 Å². The Hall–Kier alpha value is -2.90. The fourth-order valence-electron chi connectivity index (χ4n) is 3.94. The van der Waals surface area contributed by atoms with Crippen LogP contribution in [0.3, 0.4) is 0 Å². The van der Waals surface area contributed by atoms with Crippen molar-refractivity contribution in [1.82, 2.24) is 10.2 Å². The van der Waals surface area contributed by atoms with Crippen LogP contribution in [-0.2, 0) is 22.6 Å². The maximum Gasteiger partial charge on any atom is 0.262 e. The molecule has 4 rings (SSSR count). The van der Waals surface area contributed by atoms with Crippen LogP contribution >= 0.6 is 0 Å². The van der Waals surface area contributed by atoms with Crippen molar-refractivity contribution in [3.63, 3.8) is 0 Å². The summed E-state index contributed by atoms with van der Waals surface area (Å²) in [7, 11) is 0. The Morgan fingerprint density at radius 2 is 1.80 bits per heavy atom. The van der Waals surface area contributed by atoms with Crippen molar-refractivity contribution < 1.29 is 19.1 Å². The molecule has 2 unspecified atom stereocenters. The van der Waals surface area contributed by atoms with Crippen LogP contribution < -0.4 is 15.4 Å². The third kappa shape index (κ3) is 4.98. The van der Waals surface area contributed by atoms with Crippen LogP contribution in [0.25, 0.3) is 0 Å². The first-order chi connectivity index (χ1) is 14.5. The van der Waals surface area contributed by atoms with Gasteiger partial charge in [-0.2, -0.15) is 0 Å². The first kappa shape index (κ1) is 20.4. The zero-order valence-corrected chi connectivity index (χ0v) is 17.3. The highest BCUT2D eigenvalue weighted by atomic mass is 16.5. The number of morpholine rings is 1. The molecular formula is C23H27N3O4. The van der Waals surface area contributed by atoms with E-state index < -0.39 is 0 Å². The fourth-order valence-corrected chi connectivity index (χ4v) is 3.94. The molecule has 0 aromatic heterocycles. The molecule has 2 atom stereocenters. The van der Waals surface area contributed by atoms with Crippen molar-refractivity contribution in [3.8, 4) is 5.75 Å². The maximum atomic E-state index is 12.5. The van der Waals surface area contributed by atoms with E-state index in [9.17, 15) is 9.59 Å². The predicted molar refractivity (Wildman–Crippen MR) is 113 cm³/mol. The number of carbonyl (C=O) groups excluding carboxylic acids is 2. The van der Waals surface area contributed by atoms with Crippen molar-refractivity contribution in [1.29, 1.82) is 0 Å². The molecule has 0 bridgehead atoms. The van der Waals surface area contributed by atoms with E-state index in [1.807, 2.05) is 12.1 Å². The highest BCUT2D eigenvalue weighted by Gasteiger charge is 2.22. The molecule has 0 spiro atoms. The molecule has 2 N–H and O–H groups in total. The van der Waals surface area contributed by atoms with Gasteiger partial charge in [-0.05, 0) is 43.2 Å². The number of fused-ring (bicyclic) bond motifs is 1. The third-order valence-electron chi connectivity index (χ3n) is 5.25. The van der Waals surface area contributed by atoms with Gasteiger partial charge < -0.3 is 20.1 Å². The average molecular weight is 409 g/mol. The van der Waals surface area contributed by atoms with Gasteiger partial charge >= 0.3 is 0 Å². The predicted octanol–water partition coefficient (Wildman–Crippen LogP) is 2.56. The fraction of sp³-hybridized carbons (Fsp3) is 0.391. The van der Waals surface area contributed by atoms with E-state index in [-0.39, 0.29) is 30.6 Å². The van der Waals surface area contributed by atoms with Crippen LogP contribution in [0.1, 0.15) is 35.3 Å². The van der Waals surface area contributed by atoms with Gasteiger partial charge in [-0.3, -0.25) is 14.5 Å². The van der Waals surface area contributed by atoms with E-state index in [2.05, 4.69) is 41.5 Å². The molecule has 2 amide bonds. The van der Waals surface area contributed by atoms with Gasteiger partial charge in [-0.25, -0.2) is 0 Å². The number of hydrogen-bond donors (Lipinski definition) is 2. The topological polar surface area (TPSA) is 79.9 Å². The van der Waals surface area contributed by atoms with E-state index >= 15 is 0 Å². The van der Waals surface area contributed by atoms with E-state index in [1.54, 1.807) is 18.2 Å². The Morgan fingerprint density at radius 1 is 1.10 bits per heavy atom. The average Bonchev–Trinajstić information content (AvgIpc) is 2.71. The monoisotopic (exact) mass is 409 g/mol. The Balaban J connectivity index is 1.31. The van der Waals surface area contributed by atoms with Crippen LogP contribution in [0.4, 0.5) is 5.69 Å². The second-order valence-electron chi connectivity index (χ2n) is 8.00. The number of nitrogens with one attached hydrogen (secondary N) is 2. The molecule has 7 heteroatoms. The Labute approximate surface area is 176 Å². The lowest BCUT2D eigenvalue weighted by molar-refractivity contribution is -0.118. The summed E-state index contributed by atoms with van der Waals surface area (Å²) in [5, 5.41) is 5.64. The molecule has 2 aromatic carbocycles. The molecular weight excluding hydrogens is 382 g/mol. The lowest BCUT2D eigenvalue weighted by Gasteiger charge is -2.35. The van der Waals surface area contributed by atoms with Crippen LogP contribution in [0.15, 0.2) is 42.5 Å². The zero-order valence-electron chi connectivity index (χ0n) is 17.3. The molecule has 2 aromatic rings. The number of carbonyl (C=O) groups is 2. The Kier molecular flexibility index (Phi) is 6.01.